The molecule has 0 bridgehead atoms. The van der Waals surface area contributed by atoms with Gasteiger partial charge < -0.3 is 10.6 Å². The summed E-state index contributed by atoms with van der Waals surface area (Å²) in [5.41, 5.74) is 0.668. The molecule has 19 heavy (non-hydrogen) atoms. The van der Waals surface area contributed by atoms with Gasteiger partial charge in [-0.1, -0.05) is 43.1 Å². The minimum Gasteiger partial charge on any atom is -0.373 e. The van der Waals surface area contributed by atoms with Crippen LogP contribution >= 0.6 is 23.2 Å². The van der Waals surface area contributed by atoms with E-state index in [1.165, 1.54) is 0 Å². The summed E-state index contributed by atoms with van der Waals surface area (Å²) < 4.78 is 0. The highest BCUT2D eigenvalue weighted by atomic mass is 35.5. The fourth-order valence-electron chi connectivity index (χ4n) is 1.73. The molecule has 0 aliphatic heterocycles. The van der Waals surface area contributed by atoms with Crippen molar-refractivity contribution in [3.63, 3.8) is 0 Å². The average molecular weight is 303 g/mol. The maximum absolute atomic E-state index is 12.0. The van der Waals surface area contributed by atoms with Gasteiger partial charge >= 0.3 is 0 Å². The van der Waals surface area contributed by atoms with E-state index in [0.29, 0.717) is 15.7 Å². The number of anilines is 1. The van der Waals surface area contributed by atoms with Gasteiger partial charge in [0.05, 0.1) is 15.7 Å². The number of nitrogens with one attached hydrogen (secondary N) is 2. The van der Waals surface area contributed by atoms with Gasteiger partial charge in [-0.2, -0.15) is 0 Å². The van der Waals surface area contributed by atoms with Crippen LogP contribution in [0.3, 0.4) is 0 Å². The molecule has 0 heterocycles. The van der Waals surface area contributed by atoms with Crippen molar-refractivity contribution in [2.75, 3.05) is 5.32 Å². The molecule has 5 heteroatoms. The first-order valence-electron chi connectivity index (χ1n) is 6.50. The van der Waals surface area contributed by atoms with Crippen molar-refractivity contribution < 1.29 is 4.79 Å². The Morgan fingerprint density at radius 2 is 1.89 bits per heavy atom. The van der Waals surface area contributed by atoms with Crippen LogP contribution in [0.1, 0.15) is 33.6 Å². The van der Waals surface area contributed by atoms with Crippen LogP contribution in [0.5, 0.6) is 0 Å². The fraction of sp³-hybridized carbons (Fsp3) is 0.500. The molecule has 1 aromatic rings. The lowest BCUT2D eigenvalue weighted by Crippen LogP contribution is -2.42. The highest BCUT2D eigenvalue weighted by Crippen LogP contribution is 2.29. The van der Waals surface area contributed by atoms with Gasteiger partial charge in [-0.3, -0.25) is 4.79 Å². The summed E-state index contributed by atoms with van der Waals surface area (Å²) in [6.07, 6.45) is 1.85. The van der Waals surface area contributed by atoms with Crippen LogP contribution < -0.4 is 10.6 Å². The van der Waals surface area contributed by atoms with Gasteiger partial charge in [0.1, 0.15) is 6.04 Å². The molecule has 0 radical (unpaired) electrons. The molecule has 0 aliphatic carbocycles. The number of benzene rings is 1. The third-order valence-electron chi connectivity index (χ3n) is 3.05. The zero-order valence-corrected chi connectivity index (χ0v) is 13.0. The van der Waals surface area contributed by atoms with Gasteiger partial charge in [0.25, 0.3) is 0 Å². The molecule has 1 atom stereocenters. The van der Waals surface area contributed by atoms with Crippen molar-refractivity contribution in [1.29, 1.82) is 0 Å². The second kappa shape index (κ2) is 7.61. The van der Waals surface area contributed by atoms with Gasteiger partial charge in [0.2, 0.25) is 5.91 Å². The van der Waals surface area contributed by atoms with Crippen molar-refractivity contribution in [2.24, 2.45) is 0 Å². The van der Waals surface area contributed by atoms with Crippen LogP contribution in [0, 0.1) is 0 Å². The summed E-state index contributed by atoms with van der Waals surface area (Å²) in [4.78, 5) is 12.0. The molecule has 1 rings (SSSR count). The minimum absolute atomic E-state index is 0.0373. The number of hydrogen-bond acceptors (Lipinski definition) is 2. The minimum atomic E-state index is -0.364. The maximum Gasteiger partial charge on any atom is 0.242 e. The number of carbonyl (C=O) groups is 1. The molecule has 0 saturated carbocycles. The Hall–Kier alpha value is -0.930. The van der Waals surface area contributed by atoms with Crippen molar-refractivity contribution in [3.05, 3.63) is 28.2 Å². The van der Waals surface area contributed by atoms with E-state index in [1.807, 2.05) is 0 Å². The van der Waals surface area contributed by atoms with Gasteiger partial charge in [-0.25, -0.2) is 0 Å². The van der Waals surface area contributed by atoms with Gasteiger partial charge in [0.15, 0.2) is 0 Å². The van der Waals surface area contributed by atoms with E-state index < -0.39 is 0 Å². The van der Waals surface area contributed by atoms with Crippen molar-refractivity contribution in [2.45, 2.75) is 45.7 Å². The molecular weight excluding hydrogens is 283 g/mol. The quantitative estimate of drug-likeness (QED) is 0.830. The average Bonchev–Trinajstić information content (AvgIpc) is 2.40. The Labute approximate surface area is 124 Å². The monoisotopic (exact) mass is 302 g/mol. The molecule has 0 spiro atoms. The van der Waals surface area contributed by atoms with Gasteiger partial charge in [-0.05, 0) is 31.9 Å². The second-order valence-corrected chi connectivity index (χ2v) is 5.27. The van der Waals surface area contributed by atoms with Crippen LogP contribution in [-0.2, 0) is 4.79 Å². The van der Waals surface area contributed by atoms with Crippen LogP contribution in [0.15, 0.2) is 18.2 Å². The molecule has 0 aliphatic rings. The Morgan fingerprint density at radius 1 is 1.26 bits per heavy atom. The molecule has 1 aromatic carbocycles. The largest absolute Gasteiger partial charge is 0.373 e. The maximum atomic E-state index is 12.0. The molecule has 1 unspecified atom stereocenters. The van der Waals surface area contributed by atoms with Gasteiger partial charge in [-0.15, -0.1) is 0 Å². The highest BCUT2D eigenvalue weighted by molar-refractivity contribution is 6.43. The first-order chi connectivity index (χ1) is 8.99. The zero-order chi connectivity index (χ0) is 14.4. The first-order valence-corrected chi connectivity index (χ1v) is 7.26. The number of amides is 1. The third kappa shape index (κ3) is 4.59. The smallest absolute Gasteiger partial charge is 0.242 e. The molecular formula is C14H20Cl2N2O. The Kier molecular flexibility index (Phi) is 6.46. The van der Waals surface area contributed by atoms with E-state index in [-0.39, 0.29) is 18.0 Å². The number of halogens is 2. The van der Waals surface area contributed by atoms with Crippen LogP contribution in [0.2, 0.25) is 10.0 Å². The summed E-state index contributed by atoms with van der Waals surface area (Å²) in [6.45, 7) is 5.91. The summed E-state index contributed by atoms with van der Waals surface area (Å²) in [7, 11) is 0. The van der Waals surface area contributed by atoms with Gasteiger partial charge in [0, 0.05) is 6.04 Å². The summed E-state index contributed by atoms with van der Waals surface area (Å²) in [5, 5.41) is 6.98. The lowest BCUT2D eigenvalue weighted by Gasteiger charge is -2.20. The second-order valence-electron chi connectivity index (χ2n) is 4.49. The third-order valence-corrected chi connectivity index (χ3v) is 3.87. The normalized spacial score (nSPS) is 12.3. The van der Waals surface area contributed by atoms with Crippen molar-refractivity contribution in [1.82, 2.24) is 5.32 Å². The topological polar surface area (TPSA) is 41.1 Å². The van der Waals surface area contributed by atoms with E-state index in [4.69, 9.17) is 23.2 Å². The number of rotatable bonds is 6. The number of carbonyl (C=O) groups excluding carboxylic acids is 1. The van der Waals surface area contributed by atoms with E-state index in [1.54, 1.807) is 25.1 Å². The molecule has 3 nitrogen and oxygen atoms in total. The lowest BCUT2D eigenvalue weighted by molar-refractivity contribution is -0.122. The van der Waals surface area contributed by atoms with Crippen LogP contribution in [-0.4, -0.2) is 18.0 Å². The SMILES string of the molecule is CCC(CC)NC(=O)C(C)Nc1cccc(Cl)c1Cl. The number of hydrogen-bond donors (Lipinski definition) is 2. The van der Waals surface area contributed by atoms with Crippen molar-refractivity contribution in [3.8, 4) is 0 Å². The van der Waals surface area contributed by atoms with E-state index in [0.717, 1.165) is 12.8 Å². The molecule has 2 N–H and O–H groups in total. The van der Waals surface area contributed by atoms with Crippen LogP contribution in [0.4, 0.5) is 5.69 Å². The lowest BCUT2D eigenvalue weighted by atomic mass is 10.1. The van der Waals surface area contributed by atoms with Crippen molar-refractivity contribution >= 4 is 34.8 Å². The molecule has 0 aromatic heterocycles. The van der Waals surface area contributed by atoms with E-state index >= 15 is 0 Å². The molecule has 106 valence electrons. The Morgan fingerprint density at radius 3 is 2.47 bits per heavy atom. The predicted molar refractivity (Wildman–Crippen MR) is 82.1 cm³/mol. The van der Waals surface area contributed by atoms with Crippen LogP contribution in [0.25, 0.3) is 0 Å². The standard InChI is InChI=1S/C14H20Cl2N2O/c1-4-10(5-2)18-14(19)9(3)17-12-8-6-7-11(15)13(12)16/h6-10,17H,4-5H2,1-3H3,(H,18,19). The Bertz CT molecular complexity index is 433. The zero-order valence-electron chi connectivity index (χ0n) is 11.5. The highest BCUT2D eigenvalue weighted by Gasteiger charge is 2.17. The molecule has 1 amide bonds. The predicted octanol–water partition coefficient (Wildman–Crippen LogP) is 4.10. The van der Waals surface area contributed by atoms with E-state index in [2.05, 4.69) is 24.5 Å². The first kappa shape index (κ1) is 16.1. The molecule has 0 saturated heterocycles. The summed E-state index contributed by atoms with van der Waals surface area (Å²) in [5.74, 6) is -0.0373. The molecule has 0 fully saturated rings. The fourth-order valence-corrected chi connectivity index (χ4v) is 2.09. The summed E-state index contributed by atoms with van der Waals surface area (Å²) >= 11 is 12.0. The Balaban J connectivity index is 2.66. The van der Waals surface area contributed by atoms with E-state index in [9.17, 15) is 4.79 Å². The summed E-state index contributed by atoms with van der Waals surface area (Å²) in [6, 6.07) is 5.16.